The van der Waals surface area contributed by atoms with E-state index >= 15 is 0 Å². The molecular formula is C12H17NOS. The van der Waals surface area contributed by atoms with E-state index in [9.17, 15) is 0 Å². The zero-order valence-corrected chi connectivity index (χ0v) is 10.3. The van der Waals surface area contributed by atoms with Crippen LogP contribution in [-0.4, -0.2) is 25.4 Å². The molecule has 0 unspecified atom stereocenters. The summed E-state index contributed by atoms with van der Waals surface area (Å²) in [5.74, 6) is 1.02. The summed E-state index contributed by atoms with van der Waals surface area (Å²) in [6.45, 7) is 6.23. The van der Waals surface area contributed by atoms with Crippen LogP contribution >= 0.6 is 11.8 Å². The highest BCUT2D eigenvalue weighted by Gasteiger charge is 2.20. The third-order valence-corrected chi connectivity index (χ3v) is 3.41. The van der Waals surface area contributed by atoms with Crippen LogP contribution in [0.1, 0.15) is 13.8 Å². The van der Waals surface area contributed by atoms with Crippen molar-refractivity contribution in [1.29, 1.82) is 0 Å². The Bertz CT molecular complexity index is 351. The first kappa shape index (κ1) is 10.7. The molecule has 0 bridgehead atoms. The lowest BCUT2D eigenvalue weighted by Gasteiger charge is -2.34. The van der Waals surface area contributed by atoms with E-state index in [0.29, 0.717) is 6.04 Å². The summed E-state index contributed by atoms with van der Waals surface area (Å²) < 4.78 is 5.65. The molecule has 0 fully saturated rings. The average Bonchev–Trinajstić information content (AvgIpc) is 2.27. The summed E-state index contributed by atoms with van der Waals surface area (Å²) in [6, 6.07) is 6.95. The number of hydrogen-bond donors (Lipinski definition) is 0. The van der Waals surface area contributed by atoms with Gasteiger partial charge in [-0.3, -0.25) is 0 Å². The van der Waals surface area contributed by atoms with Gasteiger partial charge in [-0.2, -0.15) is 0 Å². The van der Waals surface area contributed by atoms with E-state index < -0.39 is 0 Å². The molecule has 0 spiro atoms. The lowest BCUT2D eigenvalue weighted by atomic mass is 10.2. The van der Waals surface area contributed by atoms with Gasteiger partial charge in [0.25, 0.3) is 0 Å². The monoisotopic (exact) mass is 223 g/mol. The first-order valence-corrected chi connectivity index (χ1v) is 6.52. The van der Waals surface area contributed by atoms with Crippen LogP contribution in [0, 0.1) is 0 Å². The molecule has 15 heavy (non-hydrogen) atoms. The quantitative estimate of drug-likeness (QED) is 0.715. The molecule has 0 amide bonds. The minimum absolute atomic E-state index is 0.532. The predicted octanol–water partition coefficient (Wildman–Crippen LogP) is 3.02. The Hall–Kier alpha value is -0.830. The maximum Gasteiger partial charge on any atom is 0.142 e. The van der Waals surface area contributed by atoms with E-state index in [-0.39, 0.29) is 0 Å². The Morgan fingerprint density at radius 3 is 2.87 bits per heavy atom. The maximum atomic E-state index is 5.65. The number of benzene rings is 1. The summed E-state index contributed by atoms with van der Waals surface area (Å²) in [4.78, 5) is 3.70. The van der Waals surface area contributed by atoms with Gasteiger partial charge in [-0.1, -0.05) is 0 Å². The van der Waals surface area contributed by atoms with Crippen LogP contribution in [0.3, 0.4) is 0 Å². The van der Waals surface area contributed by atoms with E-state index in [1.165, 1.54) is 10.6 Å². The van der Waals surface area contributed by atoms with Gasteiger partial charge in [0, 0.05) is 10.9 Å². The topological polar surface area (TPSA) is 12.5 Å². The minimum atomic E-state index is 0.532. The lowest BCUT2D eigenvalue weighted by molar-refractivity contribution is 0.302. The number of fused-ring (bicyclic) bond motifs is 1. The highest BCUT2D eigenvalue weighted by atomic mass is 32.2. The number of ether oxygens (including phenoxy) is 1. The zero-order valence-electron chi connectivity index (χ0n) is 9.49. The molecular weight excluding hydrogens is 206 g/mol. The van der Waals surface area contributed by atoms with Gasteiger partial charge in [-0.25, -0.2) is 0 Å². The van der Waals surface area contributed by atoms with Gasteiger partial charge in [0.15, 0.2) is 0 Å². The van der Waals surface area contributed by atoms with Crippen molar-refractivity contribution in [3.05, 3.63) is 18.2 Å². The molecule has 0 N–H and O–H groups in total. The van der Waals surface area contributed by atoms with Gasteiger partial charge < -0.3 is 9.64 Å². The number of nitrogens with zero attached hydrogens (tertiary/aromatic N) is 1. The van der Waals surface area contributed by atoms with Crippen molar-refractivity contribution in [1.82, 2.24) is 0 Å². The van der Waals surface area contributed by atoms with E-state index in [4.69, 9.17) is 4.74 Å². The fraction of sp³-hybridized carbons (Fsp3) is 0.500. The molecule has 1 aliphatic rings. The van der Waals surface area contributed by atoms with E-state index in [1.54, 1.807) is 11.8 Å². The SMILES string of the molecule is CSc1ccc2c(c1)N(C(C)C)CCO2. The second-order valence-electron chi connectivity index (χ2n) is 3.97. The largest absolute Gasteiger partial charge is 0.490 e. The normalized spacial score (nSPS) is 15.1. The summed E-state index contributed by atoms with van der Waals surface area (Å²) >= 11 is 1.77. The van der Waals surface area contributed by atoms with Crippen LogP contribution in [0.15, 0.2) is 23.1 Å². The lowest BCUT2D eigenvalue weighted by Crippen LogP contribution is -2.37. The Labute approximate surface area is 95.6 Å². The van der Waals surface area contributed by atoms with Crippen LogP contribution in [0.5, 0.6) is 5.75 Å². The van der Waals surface area contributed by atoms with Crippen LogP contribution in [0.25, 0.3) is 0 Å². The fourth-order valence-corrected chi connectivity index (χ4v) is 2.32. The summed E-state index contributed by atoms with van der Waals surface area (Å²) in [7, 11) is 0. The predicted molar refractivity (Wildman–Crippen MR) is 66.2 cm³/mol. The number of thioether (sulfide) groups is 1. The van der Waals surface area contributed by atoms with Crippen molar-refractivity contribution in [2.45, 2.75) is 24.8 Å². The standard InChI is InChI=1S/C12H17NOS/c1-9(2)13-6-7-14-12-5-4-10(15-3)8-11(12)13/h4-5,8-9H,6-7H2,1-3H3. The number of hydrogen-bond acceptors (Lipinski definition) is 3. The van der Waals surface area contributed by atoms with Gasteiger partial charge in [0.1, 0.15) is 12.4 Å². The van der Waals surface area contributed by atoms with Crippen molar-refractivity contribution in [3.63, 3.8) is 0 Å². The molecule has 0 atom stereocenters. The maximum absolute atomic E-state index is 5.65. The summed E-state index contributed by atoms with van der Waals surface area (Å²) in [5, 5.41) is 0. The molecule has 1 heterocycles. The molecule has 0 radical (unpaired) electrons. The van der Waals surface area contributed by atoms with Crippen molar-refractivity contribution >= 4 is 17.4 Å². The first-order chi connectivity index (χ1) is 7.22. The van der Waals surface area contributed by atoms with E-state index in [0.717, 1.165) is 18.9 Å². The molecule has 0 saturated carbocycles. The second-order valence-corrected chi connectivity index (χ2v) is 4.85. The molecule has 1 aliphatic heterocycles. The second kappa shape index (κ2) is 4.35. The smallest absolute Gasteiger partial charge is 0.142 e. The number of rotatable bonds is 2. The van der Waals surface area contributed by atoms with Crippen LogP contribution in [-0.2, 0) is 0 Å². The van der Waals surface area contributed by atoms with Crippen LogP contribution in [0.2, 0.25) is 0 Å². The minimum Gasteiger partial charge on any atom is -0.490 e. The van der Waals surface area contributed by atoms with E-state index in [2.05, 4.69) is 43.2 Å². The first-order valence-electron chi connectivity index (χ1n) is 5.30. The Kier molecular flexibility index (Phi) is 3.10. The molecule has 0 aromatic heterocycles. The molecule has 2 nitrogen and oxygen atoms in total. The molecule has 82 valence electrons. The van der Waals surface area contributed by atoms with Crippen molar-refractivity contribution in [2.24, 2.45) is 0 Å². The van der Waals surface area contributed by atoms with E-state index in [1.807, 2.05) is 0 Å². The van der Waals surface area contributed by atoms with Gasteiger partial charge in [0.05, 0.1) is 12.2 Å². The average molecular weight is 223 g/mol. The van der Waals surface area contributed by atoms with Gasteiger partial charge in [-0.15, -0.1) is 11.8 Å². The third-order valence-electron chi connectivity index (χ3n) is 2.69. The number of anilines is 1. The summed E-state index contributed by atoms with van der Waals surface area (Å²) in [6.07, 6.45) is 2.10. The van der Waals surface area contributed by atoms with Gasteiger partial charge in [0.2, 0.25) is 0 Å². The van der Waals surface area contributed by atoms with Crippen molar-refractivity contribution in [2.75, 3.05) is 24.3 Å². The summed E-state index contributed by atoms with van der Waals surface area (Å²) in [5.41, 5.74) is 1.24. The van der Waals surface area contributed by atoms with Gasteiger partial charge >= 0.3 is 0 Å². The molecule has 1 aromatic carbocycles. The Morgan fingerprint density at radius 1 is 1.40 bits per heavy atom. The van der Waals surface area contributed by atoms with Gasteiger partial charge in [-0.05, 0) is 38.3 Å². The Morgan fingerprint density at radius 2 is 2.20 bits per heavy atom. The van der Waals surface area contributed by atoms with Crippen molar-refractivity contribution < 1.29 is 4.74 Å². The molecule has 3 heteroatoms. The highest BCUT2D eigenvalue weighted by molar-refractivity contribution is 7.98. The fourth-order valence-electron chi connectivity index (χ4n) is 1.88. The zero-order chi connectivity index (χ0) is 10.8. The molecule has 0 aliphatic carbocycles. The van der Waals surface area contributed by atoms with Crippen LogP contribution < -0.4 is 9.64 Å². The Balaban J connectivity index is 2.39. The highest BCUT2D eigenvalue weighted by Crippen LogP contribution is 2.35. The molecule has 1 aromatic rings. The van der Waals surface area contributed by atoms with Crippen molar-refractivity contribution in [3.8, 4) is 5.75 Å². The molecule has 0 saturated heterocycles. The van der Waals surface area contributed by atoms with Crippen LogP contribution in [0.4, 0.5) is 5.69 Å². The molecule has 2 rings (SSSR count). The third kappa shape index (κ3) is 2.07.